The number of piperidine rings is 2. The second-order valence-corrected chi connectivity index (χ2v) is 8.42. The van der Waals surface area contributed by atoms with Gasteiger partial charge in [-0.05, 0) is 49.1 Å². The minimum atomic E-state index is -0.289. The van der Waals surface area contributed by atoms with Gasteiger partial charge in [-0.2, -0.15) is 10.1 Å². The van der Waals surface area contributed by atoms with Crippen molar-refractivity contribution in [2.24, 2.45) is 16.3 Å². The van der Waals surface area contributed by atoms with Gasteiger partial charge >= 0.3 is 0 Å². The van der Waals surface area contributed by atoms with Crippen molar-refractivity contribution >= 4 is 0 Å². The zero-order chi connectivity index (χ0) is 18.8. The highest BCUT2D eigenvalue weighted by atomic mass is 15.8. The largest absolute Gasteiger partial charge is 0.300 e. The zero-order valence-corrected chi connectivity index (χ0v) is 16.4. The Hall–Kier alpha value is -2.24. The fourth-order valence-electron chi connectivity index (χ4n) is 5.50. The highest BCUT2D eigenvalue weighted by molar-refractivity contribution is 5.38. The standard InChI is InChI=1S/C23H29N5/c1-3-7-20(8-4-1)23(28-18-24-25-26-28,21-9-5-2-6-10-21)15-16-27-17-19-11-13-22(27)14-12-19/h1-10,19,22H,11-18H2,(H,24,26). The summed E-state index contributed by atoms with van der Waals surface area (Å²) in [6.45, 7) is 2.94. The van der Waals surface area contributed by atoms with Gasteiger partial charge in [-0.25, -0.2) is 5.53 Å². The second-order valence-electron chi connectivity index (χ2n) is 8.42. The smallest absolute Gasteiger partial charge is 0.134 e. The molecule has 2 saturated heterocycles. The van der Waals surface area contributed by atoms with Gasteiger partial charge in [0.05, 0.1) is 5.54 Å². The van der Waals surface area contributed by atoms with Crippen LogP contribution in [0.1, 0.15) is 43.2 Å². The summed E-state index contributed by atoms with van der Waals surface area (Å²) < 4.78 is 0. The molecule has 0 unspecified atom stereocenters. The first-order chi connectivity index (χ1) is 13.9. The molecule has 0 amide bonds. The van der Waals surface area contributed by atoms with Crippen LogP contribution in [0.25, 0.3) is 0 Å². The van der Waals surface area contributed by atoms with E-state index in [0.717, 1.165) is 24.9 Å². The van der Waals surface area contributed by atoms with Gasteiger partial charge in [0, 0.05) is 19.1 Å². The molecule has 1 N–H and O–H groups in total. The molecule has 0 spiro atoms. The van der Waals surface area contributed by atoms with E-state index in [0.29, 0.717) is 6.67 Å². The van der Waals surface area contributed by atoms with Gasteiger partial charge in [-0.1, -0.05) is 65.9 Å². The van der Waals surface area contributed by atoms with E-state index in [-0.39, 0.29) is 5.54 Å². The molecular formula is C23H29N5. The van der Waals surface area contributed by atoms with E-state index < -0.39 is 0 Å². The maximum Gasteiger partial charge on any atom is 0.134 e. The van der Waals surface area contributed by atoms with Crippen LogP contribution in [0.15, 0.2) is 71.0 Å². The topological polar surface area (TPSA) is 43.2 Å². The van der Waals surface area contributed by atoms with Crippen molar-refractivity contribution in [2.75, 3.05) is 19.8 Å². The first-order valence-electron chi connectivity index (χ1n) is 10.6. The molecule has 3 aliphatic heterocycles. The molecule has 1 aliphatic carbocycles. The van der Waals surface area contributed by atoms with Crippen molar-refractivity contribution in [3.05, 3.63) is 71.8 Å². The first kappa shape index (κ1) is 17.8. The number of hydrogen-bond acceptors (Lipinski definition) is 5. The van der Waals surface area contributed by atoms with Crippen LogP contribution in [0.2, 0.25) is 0 Å². The molecular weight excluding hydrogens is 346 g/mol. The Morgan fingerprint density at radius 2 is 1.54 bits per heavy atom. The predicted octanol–water partition coefficient (Wildman–Crippen LogP) is 4.34. The van der Waals surface area contributed by atoms with E-state index in [4.69, 9.17) is 0 Å². The number of hydrazine groups is 1. The highest BCUT2D eigenvalue weighted by Gasteiger charge is 2.43. The molecule has 146 valence electrons. The summed E-state index contributed by atoms with van der Waals surface area (Å²) in [4.78, 5) is 2.75. The van der Waals surface area contributed by atoms with Crippen molar-refractivity contribution in [2.45, 2.75) is 43.7 Å². The number of benzene rings is 2. The molecule has 6 rings (SSSR count). The lowest BCUT2D eigenvalue weighted by Gasteiger charge is -2.48. The summed E-state index contributed by atoms with van der Waals surface area (Å²) in [5.74, 6) is 0.905. The fourth-order valence-corrected chi connectivity index (χ4v) is 5.50. The Balaban J connectivity index is 1.51. The van der Waals surface area contributed by atoms with Gasteiger partial charge in [0.25, 0.3) is 0 Å². The molecule has 3 heterocycles. The molecule has 4 aliphatic rings. The van der Waals surface area contributed by atoms with E-state index in [2.05, 4.69) is 86.4 Å². The lowest BCUT2D eigenvalue weighted by molar-refractivity contribution is 0.0200. The van der Waals surface area contributed by atoms with Crippen LogP contribution >= 0.6 is 0 Å². The monoisotopic (exact) mass is 375 g/mol. The van der Waals surface area contributed by atoms with Gasteiger partial charge < -0.3 is 4.90 Å². The first-order valence-corrected chi connectivity index (χ1v) is 10.6. The molecule has 2 aromatic carbocycles. The fraction of sp³-hybridized carbons (Fsp3) is 0.478. The third kappa shape index (κ3) is 3.12. The van der Waals surface area contributed by atoms with Crippen LogP contribution in [0.4, 0.5) is 0 Å². The molecule has 0 radical (unpaired) electrons. The van der Waals surface area contributed by atoms with Crippen molar-refractivity contribution in [1.29, 1.82) is 0 Å². The number of rotatable bonds is 6. The lowest BCUT2D eigenvalue weighted by Crippen LogP contribution is -2.54. The molecule has 0 atom stereocenters. The molecule has 5 nitrogen and oxygen atoms in total. The van der Waals surface area contributed by atoms with Crippen molar-refractivity contribution in [1.82, 2.24) is 15.4 Å². The van der Waals surface area contributed by atoms with E-state index in [1.165, 1.54) is 43.4 Å². The SMILES string of the molecule is c1ccc(C(CCN2CC3CCC2CC3)(c2ccccc2)N2CN=NN2)cc1. The Bertz CT molecular complexity index is 751. The molecule has 1 saturated carbocycles. The number of nitrogens with one attached hydrogen (secondary N) is 1. The molecule has 28 heavy (non-hydrogen) atoms. The van der Waals surface area contributed by atoms with Gasteiger partial charge in [0.2, 0.25) is 0 Å². The minimum Gasteiger partial charge on any atom is -0.300 e. The van der Waals surface area contributed by atoms with E-state index in [9.17, 15) is 0 Å². The maximum atomic E-state index is 4.24. The summed E-state index contributed by atoms with van der Waals surface area (Å²) in [5, 5.41) is 10.6. The van der Waals surface area contributed by atoms with Crippen LogP contribution in [-0.2, 0) is 5.54 Å². The molecule has 0 aromatic heterocycles. The van der Waals surface area contributed by atoms with Gasteiger partial charge in [-0.15, -0.1) is 0 Å². The summed E-state index contributed by atoms with van der Waals surface area (Å²) in [6, 6.07) is 22.5. The van der Waals surface area contributed by atoms with E-state index in [1.807, 2.05) is 0 Å². The molecule has 2 bridgehead atoms. The summed E-state index contributed by atoms with van der Waals surface area (Å²) in [7, 11) is 0. The van der Waals surface area contributed by atoms with Crippen LogP contribution in [-0.4, -0.2) is 35.7 Å². The van der Waals surface area contributed by atoms with Crippen LogP contribution < -0.4 is 5.53 Å². The Labute approximate surface area is 167 Å². The van der Waals surface area contributed by atoms with Gasteiger partial charge in [-0.3, -0.25) is 0 Å². The molecule has 3 fully saturated rings. The minimum absolute atomic E-state index is 0.289. The normalized spacial score (nSPS) is 25.1. The predicted molar refractivity (Wildman–Crippen MR) is 110 cm³/mol. The Morgan fingerprint density at radius 1 is 0.893 bits per heavy atom. The van der Waals surface area contributed by atoms with Crippen molar-refractivity contribution in [3.8, 4) is 0 Å². The Morgan fingerprint density at radius 3 is 2.04 bits per heavy atom. The third-order valence-corrected chi connectivity index (χ3v) is 6.99. The van der Waals surface area contributed by atoms with E-state index >= 15 is 0 Å². The third-order valence-electron chi connectivity index (χ3n) is 6.99. The van der Waals surface area contributed by atoms with Gasteiger partial charge in [0.15, 0.2) is 0 Å². The number of fused-ring (bicyclic) bond motifs is 3. The highest BCUT2D eigenvalue weighted by Crippen LogP contribution is 2.41. The van der Waals surface area contributed by atoms with Crippen LogP contribution in [0.3, 0.4) is 0 Å². The van der Waals surface area contributed by atoms with Crippen molar-refractivity contribution < 1.29 is 0 Å². The van der Waals surface area contributed by atoms with E-state index in [1.54, 1.807) is 0 Å². The zero-order valence-electron chi connectivity index (χ0n) is 16.4. The molecule has 2 aromatic rings. The van der Waals surface area contributed by atoms with Crippen LogP contribution in [0, 0.1) is 5.92 Å². The van der Waals surface area contributed by atoms with Crippen LogP contribution in [0.5, 0.6) is 0 Å². The second kappa shape index (κ2) is 7.64. The molecule has 5 heteroatoms. The number of hydrogen-bond donors (Lipinski definition) is 1. The quantitative estimate of drug-likeness (QED) is 0.817. The Kier molecular flexibility index (Phi) is 4.87. The average molecular weight is 376 g/mol. The van der Waals surface area contributed by atoms with Gasteiger partial charge in [0.1, 0.15) is 6.67 Å². The van der Waals surface area contributed by atoms with Crippen molar-refractivity contribution in [3.63, 3.8) is 0 Å². The summed E-state index contributed by atoms with van der Waals surface area (Å²) >= 11 is 0. The summed E-state index contributed by atoms with van der Waals surface area (Å²) in [5.41, 5.74) is 5.49. The lowest BCUT2D eigenvalue weighted by atomic mass is 9.77. The summed E-state index contributed by atoms with van der Waals surface area (Å²) in [6.07, 6.45) is 6.62. The number of nitrogens with zero attached hydrogens (tertiary/aromatic N) is 4. The maximum absolute atomic E-state index is 4.24. The average Bonchev–Trinajstić information content (AvgIpc) is 3.32.